The second-order valence-electron chi connectivity index (χ2n) is 6.47. The first-order valence-corrected chi connectivity index (χ1v) is 9.48. The fourth-order valence-corrected chi connectivity index (χ4v) is 2.68. The van der Waals surface area contributed by atoms with E-state index in [1.165, 1.54) is 12.3 Å². The van der Waals surface area contributed by atoms with Crippen molar-refractivity contribution in [2.75, 3.05) is 26.5 Å². The van der Waals surface area contributed by atoms with Crippen LogP contribution in [-0.2, 0) is 13.0 Å². The number of aromatic nitrogens is 1. The maximum Gasteiger partial charge on any atom is 0.422 e. The highest BCUT2D eigenvalue weighted by atomic mass is 127. The molecule has 7 nitrogen and oxygen atoms in total. The summed E-state index contributed by atoms with van der Waals surface area (Å²) >= 11 is 0. The van der Waals surface area contributed by atoms with Crippen molar-refractivity contribution in [1.29, 1.82) is 0 Å². The van der Waals surface area contributed by atoms with E-state index < -0.39 is 12.8 Å². The lowest BCUT2D eigenvalue weighted by molar-refractivity contribution is -0.154. The van der Waals surface area contributed by atoms with Gasteiger partial charge in [0.25, 0.3) is 0 Å². The first kappa shape index (κ1) is 24.8. The van der Waals surface area contributed by atoms with Gasteiger partial charge in [-0.15, -0.1) is 24.0 Å². The molecule has 2 N–H and O–H groups in total. The van der Waals surface area contributed by atoms with Gasteiger partial charge in [-0.2, -0.15) is 13.2 Å². The summed E-state index contributed by atoms with van der Waals surface area (Å²) in [4.78, 5) is 8.36. The number of pyridine rings is 1. The van der Waals surface area contributed by atoms with E-state index in [0.717, 1.165) is 29.0 Å². The molecule has 0 saturated carbocycles. The average molecular weight is 552 g/mol. The minimum absolute atomic E-state index is 0. The van der Waals surface area contributed by atoms with Gasteiger partial charge in [0.05, 0.1) is 6.54 Å². The maximum atomic E-state index is 12.2. The Hall–Kier alpha value is -2.44. The Kier molecular flexibility index (Phi) is 9.46. The summed E-state index contributed by atoms with van der Waals surface area (Å²) in [5, 5.41) is 6.41. The van der Waals surface area contributed by atoms with Gasteiger partial charge in [-0.25, -0.2) is 9.98 Å². The third kappa shape index (κ3) is 8.31. The summed E-state index contributed by atoms with van der Waals surface area (Å²) in [6.45, 7) is 2.52. The number of nitrogens with one attached hydrogen (secondary N) is 2. The lowest BCUT2D eigenvalue weighted by Gasteiger charge is -2.12. The number of hydrogen-bond acceptors (Lipinski definition) is 5. The Morgan fingerprint density at radius 2 is 1.90 bits per heavy atom. The molecule has 170 valence electrons. The first-order chi connectivity index (χ1) is 14.4. The summed E-state index contributed by atoms with van der Waals surface area (Å²) in [6, 6.07) is 8.89. The molecule has 0 bridgehead atoms. The number of alkyl halides is 3. The van der Waals surface area contributed by atoms with Crippen molar-refractivity contribution in [3.8, 4) is 17.4 Å². The number of benzene rings is 1. The van der Waals surface area contributed by atoms with Gasteiger partial charge in [-0.3, -0.25) is 0 Å². The van der Waals surface area contributed by atoms with E-state index in [9.17, 15) is 13.2 Å². The Labute approximate surface area is 195 Å². The van der Waals surface area contributed by atoms with Crippen molar-refractivity contribution < 1.29 is 27.4 Å². The standard InChI is InChI=1S/C20H23F3N4O3.HI/c1-2-24-19(25-8-7-14-3-5-16-17(9-14)30-13-29-16)27-11-15-4-6-18(26-10-15)28-12-20(21,22)23;/h3-6,9-10H,2,7-8,11-13H2,1H3,(H2,24,25,27);1H. The minimum Gasteiger partial charge on any atom is -0.468 e. The van der Waals surface area contributed by atoms with Gasteiger partial charge >= 0.3 is 6.18 Å². The number of ether oxygens (including phenoxy) is 3. The Bertz CT molecular complexity index is 864. The number of guanidine groups is 1. The fourth-order valence-electron chi connectivity index (χ4n) is 2.68. The van der Waals surface area contributed by atoms with Crippen molar-refractivity contribution >= 4 is 29.9 Å². The lowest BCUT2D eigenvalue weighted by atomic mass is 10.1. The van der Waals surface area contributed by atoms with Crippen molar-refractivity contribution in [3.05, 3.63) is 47.7 Å². The van der Waals surface area contributed by atoms with Gasteiger partial charge in [0, 0.05) is 25.4 Å². The van der Waals surface area contributed by atoms with E-state index in [0.29, 0.717) is 25.6 Å². The largest absolute Gasteiger partial charge is 0.468 e. The molecule has 1 aromatic heterocycles. The third-order valence-electron chi connectivity index (χ3n) is 4.09. The normalized spacial score (nSPS) is 12.8. The van der Waals surface area contributed by atoms with Crippen LogP contribution in [0.5, 0.6) is 17.4 Å². The van der Waals surface area contributed by atoms with Crippen LogP contribution < -0.4 is 24.8 Å². The van der Waals surface area contributed by atoms with Crippen molar-refractivity contribution in [2.24, 2.45) is 4.99 Å². The van der Waals surface area contributed by atoms with Crippen LogP contribution in [0.2, 0.25) is 0 Å². The van der Waals surface area contributed by atoms with Crippen LogP contribution in [0, 0.1) is 0 Å². The molecule has 11 heteroatoms. The number of fused-ring (bicyclic) bond motifs is 1. The van der Waals surface area contributed by atoms with Crippen LogP contribution in [0.25, 0.3) is 0 Å². The van der Waals surface area contributed by atoms with Gasteiger partial charge in [0.15, 0.2) is 24.1 Å². The molecule has 3 rings (SSSR count). The van der Waals surface area contributed by atoms with Crippen molar-refractivity contribution in [2.45, 2.75) is 26.1 Å². The van der Waals surface area contributed by atoms with Gasteiger partial charge in [0.1, 0.15) is 0 Å². The van der Waals surface area contributed by atoms with Gasteiger partial charge in [-0.05, 0) is 36.6 Å². The molecule has 1 aliphatic heterocycles. The fraction of sp³-hybridized carbons (Fsp3) is 0.400. The number of halogens is 4. The van der Waals surface area contributed by atoms with Crippen LogP contribution in [0.4, 0.5) is 13.2 Å². The second-order valence-corrected chi connectivity index (χ2v) is 6.47. The topological polar surface area (TPSA) is 77.0 Å². The van der Waals surface area contributed by atoms with E-state index in [1.807, 2.05) is 25.1 Å². The van der Waals surface area contributed by atoms with Gasteiger partial charge < -0.3 is 24.8 Å². The Morgan fingerprint density at radius 3 is 2.61 bits per heavy atom. The molecule has 0 fully saturated rings. The molecule has 0 radical (unpaired) electrons. The lowest BCUT2D eigenvalue weighted by Crippen LogP contribution is -2.38. The van der Waals surface area contributed by atoms with Crippen LogP contribution in [0.15, 0.2) is 41.5 Å². The summed E-state index contributed by atoms with van der Waals surface area (Å²) in [5.41, 5.74) is 1.86. The van der Waals surface area contributed by atoms with Crippen LogP contribution in [0.1, 0.15) is 18.1 Å². The zero-order valence-electron chi connectivity index (χ0n) is 16.9. The van der Waals surface area contributed by atoms with E-state index in [-0.39, 0.29) is 36.6 Å². The van der Waals surface area contributed by atoms with Crippen LogP contribution in [0.3, 0.4) is 0 Å². The predicted molar refractivity (Wildman–Crippen MR) is 120 cm³/mol. The van der Waals surface area contributed by atoms with Crippen molar-refractivity contribution in [3.63, 3.8) is 0 Å². The highest BCUT2D eigenvalue weighted by molar-refractivity contribution is 14.0. The summed E-state index contributed by atoms with van der Waals surface area (Å²) in [5.74, 6) is 2.07. The molecule has 0 spiro atoms. The SMILES string of the molecule is CCNC(=NCc1ccc(OCC(F)(F)F)nc1)NCCc1ccc2c(c1)OCO2.I. The monoisotopic (exact) mass is 552 g/mol. The second kappa shape index (κ2) is 11.8. The molecule has 1 aromatic carbocycles. The molecular formula is C20H24F3IN4O3. The zero-order valence-corrected chi connectivity index (χ0v) is 19.2. The van der Waals surface area contributed by atoms with E-state index >= 15 is 0 Å². The smallest absolute Gasteiger partial charge is 0.422 e. The average Bonchev–Trinajstić information content (AvgIpc) is 3.18. The van der Waals surface area contributed by atoms with E-state index in [4.69, 9.17) is 9.47 Å². The number of aliphatic imine (C=N–C) groups is 1. The number of rotatable bonds is 8. The third-order valence-corrected chi connectivity index (χ3v) is 4.09. The molecule has 31 heavy (non-hydrogen) atoms. The molecule has 0 saturated heterocycles. The summed E-state index contributed by atoms with van der Waals surface area (Å²) in [6.07, 6.45) is -2.17. The minimum atomic E-state index is -4.39. The summed E-state index contributed by atoms with van der Waals surface area (Å²) < 4.78 is 51.8. The van der Waals surface area contributed by atoms with Gasteiger partial charge in [-0.1, -0.05) is 12.1 Å². The number of nitrogens with zero attached hydrogens (tertiary/aromatic N) is 2. The Morgan fingerprint density at radius 1 is 1.13 bits per heavy atom. The zero-order chi connectivity index (χ0) is 21.4. The highest BCUT2D eigenvalue weighted by Crippen LogP contribution is 2.32. The van der Waals surface area contributed by atoms with Crippen LogP contribution in [-0.4, -0.2) is 43.6 Å². The maximum absolute atomic E-state index is 12.2. The van der Waals surface area contributed by atoms with Crippen LogP contribution >= 0.6 is 24.0 Å². The molecule has 0 atom stereocenters. The quantitative estimate of drug-likeness (QED) is 0.296. The van der Waals surface area contributed by atoms with E-state index in [1.54, 1.807) is 6.07 Å². The Balaban J connectivity index is 0.00000341. The molecule has 2 aromatic rings. The van der Waals surface area contributed by atoms with Crippen molar-refractivity contribution in [1.82, 2.24) is 15.6 Å². The molecule has 2 heterocycles. The number of hydrogen-bond donors (Lipinski definition) is 2. The highest BCUT2D eigenvalue weighted by Gasteiger charge is 2.28. The summed E-state index contributed by atoms with van der Waals surface area (Å²) in [7, 11) is 0. The molecule has 0 amide bonds. The molecule has 1 aliphatic rings. The van der Waals surface area contributed by atoms with Gasteiger partial charge in [0.2, 0.25) is 12.7 Å². The van der Waals surface area contributed by atoms with E-state index in [2.05, 4.69) is 25.3 Å². The molecule has 0 unspecified atom stereocenters. The molecule has 0 aliphatic carbocycles. The predicted octanol–water partition coefficient (Wildman–Crippen LogP) is 3.67. The first-order valence-electron chi connectivity index (χ1n) is 9.48. The molecular weight excluding hydrogens is 528 g/mol.